The normalized spacial score (nSPS) is 25.5. The Kier molecular flexibility index (Phi) is 6.04. The third-order valence-corrected chi connectivity index (χ3v) is 8.41. The molecule has 1 aliphatic heterocycles. The maximum Gasteiger partial charge on any atom is 0.255 e. The number of likely N-dealkylation sites (tertiary alicyclic amines) is 1. The monoisotopic (exact) mass is 530 g/mol. The van der Waals surface area contributed by atoms with Gasteiger partial charge in [-0.1, -0.05) is 0 Å². The Morgan fingerprint density at radius 1 is 1.26 bits per heavy atom. The van der Waals surface area contributed by atoms with Gasteiger partial charge < -0.3 is 24.5 Å². The molecular weight excluding hydrogens is 496 g/mol. The molecule has 4 heterocycles. The first kappa shape index (κ1) is 25.6. The smallest absolute Gasteiger partial charge is 0.255 e. The van der Waals surface area contributed by atoms with E-state index in [9.17, 15) is 14.7 Å². The first-order valence-electron chi connectivity index (χ1n) is 13.4. The number of β-amino-alcohol motifs (C(OH)–C–C–N with tert-alkyl or cyclic N) is 1. The fourth-order valence-corrected chi connectivity index (χ4v) is 6.22. The number of fused-ring (bicyclic) bond motifs is 2. The van der Waals surface area contributed by atoms with E-state index >= 15 is 0 Å². The molecule has 9 heteroatoms. The van der Waals surface area contributed by atoms with Crippen LogP contribution in [0.15, 0.2) is 41.1 Å². The lowest BCUT2D eigenvalue weighted by Crippen LogP contribution is -2.68. The first-order chi connectivity index (χ1) is 18.6. The van der Waals surface area contributed by atoms with Crippen molar-refractivity contribution in [3.8, 4) is 11.5 Å². The molecule has 2 N–H and O–H groups in total. The number of aliphatic hydroxyl groups is 1. The van der Waals surface area contributed by atoms with Gasteiger partial charge in [-0.25, -0.2) is 4.52 Å². The van der Waals surface area contributed by atoms with Crippen molar-refractivity contribution in [3.05, 3.63) is 59.1 Å². The number of hydrogen-bond acceptors (Lipinski definition) is 7. The molecule has 1 atom stereocenters. The number of benzene rings is 1. The van der Waals surface area contributed by atoms with Crippen LogP contribution >= 0.6 is 0 Å². The van der Waals surface area contributed by atoms with Gasteiger partial charge in [0.2, 0.25) is 0 Å². The van der Waals surface area contributed by atoms with Gasteiger partial charge in [0.1, 0.15) is 22.6 Å². The van der Waals surface area contributed by atoms with Crippen LogP contribution in [0.1, 0.15) is 64.6 Å². The van der Waals surface area contributed by atoms with E-state index in [-0.39, 0.29) is 11.4 Å². The molecule has 1 amide bonds. The third kappa shape index (κ3) is 4.59. The van der Waals surface area contributed by atoms with E-state index in [1.54, 1.807) is 29.0 Å². The van der Waals surface area contributed by atoms with Crippen LogP contribution in [0.4, 0.5) is 0 Å². The van der Waals surface area contributed by atoms with Gasteiger partial charge >= 0.3 is 0 Å². The van der Waals surface area contributed by atoms with Gasteiger partial charge in [-0.3, -0.25) is 9.59 Å². The van der Waals surface area contributed by atoms with Crippen LogP contribution in [0.5, 0.6) is 11.5 Å². The van der Waals surface area contributed by atoms with Gasteiger partial charge in [0.05, 0.1) is 17.4 Å². The molecule has 1 saturated heterocycles. The number of likely N-dealkylation sites (N-methyl/N-ethyl adjacent to an activating group) is 1. The second-order valence-corrected chi connectivity index (χ2v) is 11.8. The van der Waals surface area contributed by atoms with E-state index in [0.717, 1.165) is 67.4 Å². The number of hydrogen-bond donors (Lipinski definition) is 2. The van der Waals surface area contributed by atoms with Gasteiger partial charge in [-0.15, -0.1) is 0 Å². The van der Waals surface area contributed by atoms with E-state index < -0.39 is 5.60 Å². The number of carbonyl (C=O) groups is 2. The molecule has 3 aromatic heterocycles. The minimum absolute atomic E-state index is 0.0169. The second-order valence-electron chi connectivity index (χ2n) is 11.8. The molecule has 1 aromatic carbocycles. The van der Waals surface area contributed by atoms with Crippen LogP contribution in [-0.2, 0) is 0 Å². The highest BCUT2D eigenvalue weighted by Crippen LogP contribution is 2.57. The summed E-state index contributed by atoms with van der Waals surface area (Å²) in [6.07, 6.45) is 8.32. The van der Waals surface area contributed by atoms with E-state index in [2.05, 4.69) is 15.3 Å². The quantitative estimate of drug-likeness (QED) is 0.361. The number of amides is 1. The van der Waals surface area contributed by atoms with Crippen molar-refractivity contribution in [3.63, 3.8) is 0 Å². The fourth-order valence-electron chi connectivity index (χ4n) is 6.22. The number of furan rings is 1. The Hall–Kier alpha value is -3.69. The Labute approximate surface area is 226 Å². The summed E-state index contributed by atoms with van der Waals surface area (Å²) in [6.45, 7) is 7.43. The van der Waals surface area contributed by atoms with Gasteiger partial charge in [-0.05, 0) is 77.1 Å². The summed E-state index contributed by atoms with van der Waals surface area (Å²) in [5, 5.41) is 17.6. The Morgan fingerprint density at radius 3 is 2.62 bits per heavy atom. The van der Waals surface area contributed by atoms with Gasteiger partial charge in [0.25, 0.3) is 5.91 Å². The molecule has 8 rings (SSSR count). The molecule has 0 radical (unpaired) electrons. The topological polar surface area (TPSA) is 109 Å². The lowest BCUT2D eigenvalue weighted by molar-refractivity contribution is -0.0438. The van der Waals surface area contributed by atoms with Gasteiger partial charge in [0.15, 0.2) is 12.0 Å². The maximum atomic E-state index is 12.9. The highest BCUT2D eigenvalue weighted by Gasteiger charge is 2.57. The zero-order valence-corrected chi connectivity index (χ0v) is 22.8. The largest absolute Gasteiger partial charge is 0.460 e. The van der Waals surface area contributed by atoms with Crippen LogP contribution in [0.2, 0.25) is 0 Å². The SMILES string of the molecule is CN1CCC(C)(O)C1.Cc1oc2cc(Oc3ccnn4cc(C=O)c(C)c34)ccc2c1C(=O)NC12CC(C1)C2. The second kappa shape index (κ2) is 9.20. The Morgan fingerprint density at radius 2 is 2.03 bits per heavy atom. The molecule has 4 fully saturated rings. The number of aromatic nitrogens is 2. The predicted octanol–water partition coefficient (Wildman–Crippen LogP) is 4.66. The van der Waals surface area contributed by atoms with Gasteiger partial charge in [-0.2, -0.15) is 5.10 Å². The molecule has 4 aromatic rings. The number of rotatable bonds is 5. The summed E-state index contributed by atoms with van der Waals surface area (Å²) < 4.78 is 13.7. The number of aryl methyl sites for hydroxylation is 2. The highest BCUT2D eigenvalue weighted by atomic mass is 16.5. The van der Waals surface area contributed by atoms with Crippen LogP contribution in [0.3, 0.4) is 0 Å². The zero-order valence-electron chi connectivity index (χ0n) is 22.8. The number of carbonyl (C=O) groups excluding carboxylic acids is 2. The van der Waals surface area contributed by atoms with Crippen molar-refractivity contribution < 1.29 is 23.8 Å². The van der Waals surface area contributed by atoms with Crippen LogP contribution in [0, 0.1) is 19.8 Å². The van der Waals surface area contributed by atoms with Gasteiger partial charge in [0, 0.05) is 47.9 Å². The molecule has 0 spiro atoms. The number of aldehydes is 1. The molecular formula is C30H34N4O5. The van der Waals surface area contributed by atoms with Crippen LogP contribution in [-0.4, -0.2) is 63.1 Å². The number of ether oxygens (including phenoxy) is 1. The highest BCUT2D eigenvalue weighted by molar-refractivity contribution is 6.07. The number of nitrogens with zero attached hydrogens (tertiary/aromatic N) is 3. The van der Waals surface area contributed by atoms with E-state index in [1.807, 2.05) is 40.0 Å². The molecule has 39 heavy (non-hydrogen) atoms. The summed E-state index contributed by atoms with van der Waals surface area (Å²) in [6, 6.07) is 7.23. The van der Waals surface area contributed by atoms with Crippen molar-refractivity contribution in [2.24, 2.45) is 5.92 Å². The molecule has 1 unspecified atom stereocenters. The van der Waals surface area contributed by atoms with Crippen LogP contribution < -0.4 is 10.1 Å². The lowest BCUT2D eigenvalue weighted by atomic mass is 9.50. The minimum Gasteiger partial charge on any atom is -0.460 e. The standard InChI is InChI=1S/C24H21N3O4.C6H13NO/c1-13-16(12-28)11-27-22(13)19(5-6-25-27)31-17-3-4-18-20(7-17)30-14(2)21(18)23(29)26-24-8-15(9-24)10-24;1-6(8)3-4-7(2)5-6/h3-7,11-12,15H,8-10H2,1-2H3,(H,26,29);8H,3-5H2,1-2H3. The van der Waals surface area contributed by atoms with Crippen molar-refractivity contribution in [2.45, 2.75) is 57.6 Å². The van der Waals surface area contributed by atoms with Crippen molar-refractivity contribution in [1.29, 1.82) is 0 Å². The average Bonchev–Trinajstić information content (AvgIpc) is 3.46. The van der Waals surface area contributed by atoms with Crippen molar-refractivity contribution >= 4 is 28.7 Å². The summed E-state index contributed by atoms with van der Waals surface area (Å²) in [5.74, 6) is 2.50. The Balaban J connectivity index is 0.000000299. The van der Waals surface area contributed by atoms with E-state index in [0.29, 0.717) is 34.0 Å². The van der Waals surface area contributed by atoms with Crippen LogP contribution in [0.25, 0.3) is 16.5 Å². The molecule has 204 valence electrons. The van der Waals surface area contributed by atoms with Crippen molar-refractivity contribution in [1.82, 2.24) is 19.8 Å². The molecule has 3 aliphatic carbocycles. The third-order valence-electron chi connectivity index (χ3n) is 8.41. The lowest BCUT2D eigenvalue weighted by Gasteiger charge is -2.61. The Bertz CT molecular complexity index is 1580. The fraction of sp³-hybridized carbons (Fsp3) is 0.433. The molecule has 3 saturated carbocycles. The summed E-state index contributed by atoms with van der Waals surface area (Å²) in [7, 11) is 2.03. The van der Waals surface area contributed by atoms with E-state index in [4.69, 9.17) is 9.15 Å². The summed E-state index contributed by atoms with van der Waals surface area (Å²) >= 11 is 0. The minimum atomic E-state index is -0.408. The van der Waals surface area contributed by atoms with Crippen molar-refractivity contribution in [2.75, 3.05) is 20.1 Å². The van der Waals surface area contributed by atoms with E-state index in [1.165, 1.54) is 0 Å². The number of nitrogens with one attached hydrogen (secondary N) is 1. The molecule has 4 aliphatic rings. The predicted molar refractivity (Wildman–Crippen MR) is 147 cm³/mol. The average molecular weight is 531 g/mol. The zero-order chi connectivity index (χ0) is 27.5. The molecule has 9 nitrogen and oxygen atoms in total. The summed E-state index contributed by atoms with van der Waals surface area (Å²) in [4.78, 5) is 26.4. The molecule has 2 bridgehead atoms. The maximum absolute atomic E-state index is 12.9. The summed E-state index contributed by atoms with van der Waals surface area (Å²) in [5.41, 5.74) is 2.91. The first-order valence-corrected chi connectivity index (χ1v) is 13.4.